The summed E-state index contributed by atoms with van der Waals surface area (Å²) in [5.74, 6) is 1.73. The minimum atomic E-state index is 0.208. The molecule has 0 spiro atoms. The number of rotatable bonds is 5. The van der Waals surface area contributed by atoms with Gasteiger partial charge in [-0.15, -0.1) is 0 Å². The average molecular weight is 377 g/mol. The molecular weight excluding hydrogens is 358 g/mol. The predicted molar refractivity (Wildman–Crippen MR) is 82.0 cm³/mol. The van der Waals surface area contributed by atoms with Gasteiger partial charge in [-0.1, -0.05) is 15.9 Å². The Morgan fingerprint density at radius 2 is 2.00 bits per heavy atom. The fraction of sp³-hybridized carbons (Fsp3) is 0.571. The normalized spacial score (nSPS) is 15.8. The molecular formula is C14H19Br2NO. The van der Waals surface area contributed by atoms with Gasteiger partial charge in [-0.3, -0.25) is 0 Å². The van der Waals surface area contributed by atoms with E-state index in [1.165, 1.54) is 18.4 Å². The minimum absolute atomic E-state index is 0.208. The first kappa shape index (κ1) is 14.4. The molecule has 18 heavy (non-hydrogen) atoms. The third-order valence-electron chi connectivity index (χ3n) is 3.62. The molecule has 1 N–H and O–H groups in total. The highest BCUT2D eigenvalue weighted by atomic mass is 79.9. The summed E-state index contributed by atoms with van der Waals surface area (Å²) in [5.41, 5.74) is 1.38. The Morgan fingerprint density at radius 1 is 1.33 bits per heavy atom. The van der Waals surface area contributed by atoms with Crippen LogP contribution in [0, 0.1) is 5.92 Å². The lowest BCUT2D eigenvalue weighted by Crippen LogP contribution is -2.40. The minimum Gasteiger partial charge on any atom is -0.495 e. The lowest BCUT2D eigenvalue weighted by Gasteiger charge is -2.27. The van der Waals surface area contributed by atoms with Crippen molar-refractivity contribution in [2.75, 3.05) is 7.11 Å². The Kier molecular flexibility index (Phi) is 4.40. The van der Waals surface area contributed by atoms with Gasteiger partial charge in [0.15, 0.2) is 0 Å². The quantitative estimate of drug-likeness (QED) is 0.816. The molecule has 100 valence electrons. The Bertz CT molecular complexity index is 442. The zero-order chi connectivity index (χ0) is 13.3. The molecule has 0 heterocycles. The van der Waals surface area contributed by atoms with Gasteiger partial charge in [-0.05, 0) is 60.7 Å². The zero-order valence-electron chi connectivity index (χ0n) is 11.0. The zero-order valence-corrected chi connectivity index (χ0v) is 14.2. The first-order valence-corrected chi connectivity index (χ1v) is 7.79. The fourth-order valence-corrected chi connectivity index (χ4v) is 3.72. The second kappa shape index (κ2) is 5.51. The number of methoxy groups -OCH3 is 1. The van der Waals surface area contributed by atoms with Crippen LogP contribution in [-0.2, 0) is 6.54 Å². The smallest absolute Gasteiger partial charge is 0.137 e. The van der Waals surface area contributed by atoms with Gasteiger partial charge in [0.1, 0.15) is 5.75 Å². The molecule has 0 aromatic heterocycles. The van der Waals surface area contributed by atoms with Gasteiger partial charge in [0, 0.05) is 22.1 Å². The molecule has 1 aromatic carbocycles. The molecule has 0 saturated heterocycles. The maximum Gasteiger partial charge on any atom is 0.137 e. The van der Waals surface area contributed by atoms with Crippen molar-refractivity contribution in [3.8, 4) is 5.75 Å². The molecule has 2 nitrogen and oxygen atoms in total. The van der Waals surface area contributed by atoms with Crippen molar-refractivity contribution in [2.24, 2.45) is 5.92 Å². The first-order chi connectivity index (χ1) is 8.44. The van der Waals surface area contributed by atoms with Gasteiger partial charge in [0.05, 0.1) is 11.6 Å². The molecule has 1 fully saturated rings. The van der Waals surface area contributed by atoms with Crippen molar-refractivity contribution < 1.29 is 4.74 Å². The van der Waals surface area contributed by atoms with E-state index in [1.54, 1.807) is 7.11 Å². The monoisotopic (exact) mass is 375 g/mol. The van der Waals surface area contributed by atoms with Crippen LogP contribution in [0.2, 0.25) is 0 Å². The molecule has 1 saturated carbocycles. The summed E-state index contributed by atoms with van der Waals surface area (Å²) in [5, 5.41) is 3.64. The summed E-state index contributed by atoms with van der Waals surface area (Å²) >= 11 is 7.06. The van der Waals surface area contributed by atoms with Crippen LogP contribution in [0.25, 0.3) is 0 Å². The van der Waals surface area contributed by atoms with Gasteiger partial charge < -0.3 is 10.1 Å². The summed E-state index contributed by atoms with van der Waals surface area (Å²) in [7, 11) is 1.71. The fourth-order valence-electron chi connectivity index (χ4n) is 2.25. The summed E-state index contributed by atoms with van der Waals surface area (Å²) in [4.78, 5) is 0. The Hall–Kier alpha value is -0.0600. The Morgan fingerprint density at radius 3 is 2.56 bits per heavy atom. The van der Waals surface area contributed by atoms with Crippen molar-refractivity contribution in [1.82, 2.24) is 5.32 Å². The third-order valence-corrected chi connectivity index (χ3v) is 4.67. The van der Waals surface area contributed by atoms with Gasteiger partial charge in [-0.2, -0.15) is 0 Å². The highest BCUT2D eigenvalue weighted by Gasteiger charge is 2.37. The van der Waals surface area contributed by atoms with Crippen molar-refractivity contribution in [1.29, 1.82) is 0 Å². The topological polar surface area (TPSA) is 21.3 Å². The Balaban J connectivity index is 2.13. The van der Waals surface area contributed by atoms with E-state index in [2.05, 4.69) is 57.1 Å². The molecule has 4 heteroatoms. The van der Waals surface area contributed by atoms with Crippen LogP contribution in [0.5, 0.6) is 5.75 Å². The standard InChI is InChI=1S/C14H19Br2NO/c1-14(2,10-4-5-10)17-8-9-6-11(15)7-12(16)13(9)18-3/h6-7,10,17H,4-5,8H2,1-3H3. The maximum absolute atomic E-state index is 5.46. The van der Waals surface area contributed by atoms with Crippen LogP contribution in [0.4, 0.5) is 0 Å². The van der Waals surface area contributed by atoms with Crippen LogP contribution in [-0.4, -0.2) is 12.6 Å². The number of nitrogens with one attached hydrogen (secondary N) is 1. The van der Waals surface area contributed by atoms with E-state index in [4.69, 9.17) is 4.74 Å². The molecule has 0 amide bonds. The molecule has 0 bridgehead atoms. The number of hydrogen-bond acceptors (Lipinski definition) is 2. The van der Waals surface area contributed by atoms with Gasteiger partial charge >= 0.3 is 0 Å². The number of hydrogen-bond donors (Lipinski definition) is 1. The van der Waals surface area contributed by atoms with E-state index in [-0.39, 0.29) is 5.54 Å². The van der Waals surface area contributed by atoms with E-state index in [0.29, 0.717) is 0 Å². The molecule has 0 atom stereocenters. The Labute approximate surface area is 126 Å². The number of ether oxygens (including phenoxy) is 1. The molecule has 0 unspecified atom stereocenters. The molecule has 2 rings (SSSR count). The summed E-state index contributed by atoms with van der Waals surface area (Å²) < 4.78 is 7.52. The summed E-state index contributed by atoms with van der Waals surface area (Å²) in [6, 6.07) is 4.12. The van der Waals surface area contributed by atoms with E-state index in [9.17, 15) is 0 Å². The second-order valence-corrected chi connectivity index (χ2v) is 7.20. The highest BCUT2D eigenvalue weighted by Crippen LogP contribution is 2.40. The SMILES string of the molecule is COc1c(Br)cc(Br)cc1CNC(C)(C)C1CC1. The van der Waals surface area contributed by atoms with Crippen LogP contribution >= 0.6 is 31.9 Å². The second-order valence-electron chi connectivity index (χ2n) is 5.43. The van der Waals surface area contributed by atoms with Crippen LogP contribution in [0.1, 0.15) is 32.3 Å². The van der Waals surface area contributed by atoms with Crippen molar-refractivity contribution in [2.45, 2.75) is 38.8 Å². The molecule has 1 aliphatic rings. The van der Waals surface area contributed by atoms with Gasteiger partial charge in [-0.25, -0.2) is 0 Å². The lowest BCUT2D eigenvalue weighted by atomic mass is 9.98. The molecule has 1 aromatic rings. The third kappa shape index (κ3) is 3.28. The van der Waals surface area contributed by atoms with Gasteiger partial charge in [0.2, 0.25) is 0 Å². The number of benzene rings is 1. The molecule has 0 radical (unpaired) electrons. The predicted octanol–water partition coefficient (Wildman–Crippen LogP) is 4.50. The largest absolute Gasteiger partial charge is 0.495 e. The van der Waals surface area contributed by atoms with E-state index < -0.39 is 0 Å². The van der Waals surface area contributed by atoms with Crippen molar-refractivity contribution in [3.05, 3.63) is 26.6 Å². The molecule has 1 aliphatic carbocycles. The first-order valence-electron chi connectivity index (χ1n) is 6.21. The van der Waals surface area contributed by atoms with E-state index in [0.717, 1.165) is 27.2 Å². The molecule has 0 aliphatic heterocycles. The van der Waals surface area contributed by atoms with Crippen molar-refractivity contribution in [3.63, 3.8) is 0 Å². The van der Waals surface area contributed by atoms with Crippen LogP contribution in [0.3, 0.4) is 0 Å². The number of halogens is 2. The lowest BCUT2D eigenvalue weighted by molar-refractivity contribution is 0.334. The van der Waals surface area contributed by atoms with Gasteiger partial charge in [0.25, 0.3) is 0 Å². The van der Waals surface area contributed by atoms with E-state index in [1.807, 2.05) is 6.07 Å². The van der Waals surface area contributed by atoms with Crippen LogP contribution < -0.4 is 10.1 Å². The van der Waals surface area contributed by atoms with Crippen molar-refractivity contribution >= 4 is 31.9 Å². The highest BCUT2D eigenvalue weighted by molar-refractivity contribution is 9.11. The summed E-state index contributed by atoms with van der Waals surface area (Å²) in [6.07, 6.45) is 2.69. The average Bonchev–Trinajstić information content (AvgIpc) is 3.09. The van der Waals surface area contributed by atoms with Crippen LogP contribution in [0.15, 0.2) is 21.1 Å². The maximum atomic E-state index is 5.46. The summed E-state index contributed by atoms with van der Waals surface area (Å²) in [6.45, 7) is 5.39. The van der Waals surface area contributed by atoms with E-state index >= 15 is 0 Å².